The molecule has 1 fully saturated rings. The van der Waals surface area contributed by atoms with Gasteiger partial charge in [-0.05, 0) is 50.9 Å². The van der Waals surface area contributed by atoms with Gasteiger partial charge in [-0.25, -0.2) is 0 Å². The van der Waals surface area contributed by atoms with Crippen molar-refractivity contribution < 1.29 is 0 Å². The molecule has 0 aromatic heterocycles. The number of halogens is 1. The maximum absolute atomic E-state index is 3.66. The molecule has 0 bridgehead atoms. The van der Waals surface area contributed by atoms with Crippen LogP contribution in [-0.4, -0.2) is 18.1 Å². The van der Waals surface area contributed by atoms with Crippen molar-refractivity contribution in [2.75, 3.05) is 6.54 Å². The van der Waals surface area contributed by atoms with Crippen LogP contribution in [0.5, 0.6) is 0 Å². The number of benzene rings is 1. The van der Waals surface area contributed by atoms with Crippen LogP contribution in [0.4, 0.5) is 0 Å². The third-order valence-corrected chi connectivity index (χ3v) is 3.83. The Kier molecular flexibility index (Phi) is 4.23. The third kappa shape index (κ3) is 4.09. The topological polar surface area (TPSA) is 24.1 Å². The van der Waals surface area contributed by atoms with Crippen molar-refractivity contribution in [2.24, 2.45) is 0 Å². The van der Waals surface area contributed by atoms with E-state index in [1.54, 1.807) is 0 Å². The van der Waals surface area contributed by atoms with Gasteiger partial charge in [0.25, 0.3) is 0 Å². The Morgan fingerprint density at radius 2 is 2.29 bits per heavy atom. The molecule has 3 heteroatoms. The first kappa shape index (κ1) is 13.1. The van der Waals surface area contributed by atoms with Crippen LogP contribution in [0.2, 0.25) is 0 Å². The zero-order valence-corrected chi connectivity index (χ0v) is 12.2. The van der Waals surface area contributed by atoms with Crippen LogP contribution in [0.25, 0.3) is 0 Å². The van der Waals surface area contributed by atoms with Crippen LogP contribution in [0.3, 0.4) is 0 Å². The van der Waals surface area contributed by atoms with E-state index in [-0.39, 0.29) is 5.54 Å². The standard InChI is InChI=1S/C14H21BrN2/c1-14(2)9-13(6-7-17-14)16-10-11-4-3-5-12(15)8-11/h3-5,8,13,16-17H,6-7,9-10H2,1-2H3. The molecule has 1 aliphatic rings. The fourth-order valence-electron chi connectivity index (χ4n) is 2.46. The predicted molar refractivity (Wildman–Crippen MR) is 76.1 cm³/mol. The van der Waals surface area contributed by atoms with E-state index in [1.165, 1.54) is 18.4 Å². The molecule has 1 aromatic carbocycles. The molecular weight excluding hydrogens is 276 g/mol. The van der Waals surface area contributed by atoms with Crippen molar-refractivity contribution in [1.29, 1.82) is 0 Å². The van der Waals surface area contributed by atoms with Gasteiger partial charge in [0.15, 0.2) is 0 Å². The summed E-state index contributed by atoms with van der Waals surface area (Å²) in [5.41, 5.74) is 1.61. The van der Waals surface area contributed by atoms with Gasteiger partial charge in [0.2, 0.25) is 0 Å². The number of hydrogen-bond acceptors (Lipinski definition) is 2. The van der Waals surface area contributed by atoms with Crippen LogP contribution in [0.1, 0.15) is 32.3 Å². The van der Waals surface area contributed by atoms with Crippen molar-refractivity contribution >= 4 is 15.9 Å². The lowest BCUT2D eigenvalue weighted by molar-refractivity contribution is 0.247. The summed E-state index contributed by atoms with van der Waals surface area (Å²) in [6, 6.07) is 9.14. The summed E-state index contributed by atoms with van der Waals surface area (Å²) < 4.78 is 1.16. The first-order valence-corrected chi connectivity index (χ1v) is 7.07. The summed E-state index contributed by atoms with van der Waals surface area (Å²) in [5.74, 6) is 0. The summed E-state index contributed by atoms with van der Waals surface area (Å²) in [4.78, 5) is 0. The van der Waals surface area contributed by atoms with Crippen LogP contribution < -0.4 is 10.6 Å². The fourth-order valence-corrected chi connectivity index (χ4v) is 2.91. The minimum Gasteiger partial charge on any atom is -0.312 e. The molecule has 2 rings (SSSR count). The second kappa shape index (κ2) is 5.51. The quantitative estimate of drug-likeness (QED) is 0.896. The minimum atomic E-state index is 0.271. The summed E-state index contributed by atoms with van der Waals surface area (Å²) in [7, 11) is 0. The molecule has 0 radical (unpaired) electrons. The normalized spacial score (nSPS) is 23.6. The van der Waals surface area contributed by atoms with E-state index in [9.17, 15) is 0 Å². The van der Waals surface area contributed by atoms with Gasteiger partial charge in [-0.15, -0.1) is 0 Å². The average Bonchev–Trinajstić information content (AvgIpc) is 2.25. The zero-order valence-electron chi connectivity index (χ0n) is 10.6. The van der Waals surface area contributed by atoms with E-state index >= 15 is 0 Å². The molecule has 1 heterocycles. The molecule has 0 aliphatic carbocycles. The number of piperidine rings is 1. The first-order valence-electron chi connectivity index (χ1n) is 6.28. The second-order valence-corrected chi connectivity index (χ2v) is 6.43. The molecule has 1 aromatic rings. The van der Waals surface area contributed by atoms with Gasteiger partial charge in [-0.2, -0.15) is 0 Å². The van der Waals surface area contributed by atoms with E-state index in [0.29, 0.717) is 6.04 Å². The van der Waals surface area contributed by atoms with Crippen LogP contribution in [-0.2, 0) is 6.54 Å². The minimum absolute atomic E-state index is 0.271. The van der Waals surface area contributed by atoms with Crippen LogP contribution in [0.15, 0.2) is 28.7 Å². The zero-order chi connectivity index (χ0) is 12.3. The highest BCUT2D eigenvalue weighted by Crippen LogP contribution is 2.19. The first-order chi connectivity index (χ1) is 8.05. The van der Waals surface area contributed by atoms with Gasteiger partial charge >= 0.3 is 0 Å². The monoisotopic (exact) mass is 296 g/mol. The highest BCUT2D eigenvalue weighted by Gasteiger charge is 2.26. The van der Waals surface area contributed by atoms with Crippen molar-refractivity contribution in [1.82, 2.24) is 10.6 Å². The second-order valence-electron chi connectivity index (χ2n) is 5.51. The predicted octanol–water partition coefficient (Wildman–Crippen LogP) is 3.07. The van der Waals surface area contributed by atoms with Gasteiger partial charge in [0.05, 0.1) is 0 Å². The Balaban J connectivity index is 1.86. The molecule has 1 saturated heterocycles. The number of hydrogen-bond donors (Lipinski definition) is 2. The van der Waals surface area contributed by atoms with Crippen molar-refractivity contribution in [2.45, 2.75) is 44.8 Å². The van der Waals surface area contributed by atoms with Gasteiger partial charge in [-0.1, -0.05) is 28.1 Å². The Hall–Kier alpha value is -0.380. The smallest absolute Gasteiger partial charge is 0.0208 e. The van der Waals surface area contributed by atoms with Gasteiger partial charge in [0.1, 0.15) is 0 Å². The van der Waals surface area contributed by atoms with Gasteiger partial charge < -0.3 is 10.6 Å². The van der Waals surface area contributed by atoms with Gasteiger partial charge in [0, 0.05) is 22.6 Å². The van der Waals surface area contributed by atoms with E-state index < -0.39 is 0 Å². The number of nitrogens with one attached hydrogen (secondary N) is 2. The summed E-state index contributed by atoms with van der Waals surface area (Å²) >= 11 is 3.51. The van der Waals surface area contributed by atoms with Crippen molar-refractivity contribution in [3.8, 4) is 0 Å². The third-order valence-electron chi connectivity index (χ3n) is 3.34. The largest absolute Gasteiger partial charge is 0.312 e. The Morgan fingerprint density at radius 1 is 1.47 bits per heavy atom. The molecule has 1 aliphatic heterocycles. The highest BCUT2D eigenvalue weighted by atomic mass is 79.9. The Labute approximate surface area is 112 Å². The molecule has 1 atom stereocenters. The summed E-state index contributed by atoms with van der Waals surface area (Å²) in [6.07, 6.45) is 2.42. The van der Waals surface area contributed by atoms with E-state index in [1.807, 2.05) is 0 Å². The van der Waals surface area contributed by atoms with E-state index in [4.69, 9.17) is 0 Å². The van der Waals surface area contributed by atoms with Crippen molar-refractivity contribution in [3.63, 3.8) is 0 Å². The van der Waals surface area contributed by atoms with Gasteiger partial charge in [-0.3, -0.25) is 0 Å². The fraction of sp³-hybridized carbons (Fsp3) is 0.571. The molecule has 94 valence electrons. The SMILES string of the molecule is CC1(C)CC(NCc2cccc(Br)c2)CCN1. The maximum atomic E-state index is 3.66. The Morgan fingerprint density at radius 3 is 3.00 bits per heavy atom. The molecule has 2 nitrogen and oxygen atoms in total. The molecule has 2 N–H and O–H groups in total. The van der Waals surface area contributed by atoms with Crippen molar-refractivity contribution in [3.05, 3.63) is 34.3 Å². The summed E-state index contributed by atoms with van der Waals surface area (Å²) in [5, 5.41) is 7.21. The lowest BCUT2D eigenvalue weighted by Crippen LogP contribution is -2.51. The van der Waals surface area contributed by atoms with E-state index in [0.717, 1.165) is 17.6 Å². The lowest BCUT2D eigenvalue weighted by atomic mass is 9.89. The Bertz CT molecular complexity index is 376. The van der Waals surface area contributed by atoms with E-state index in [2.05, 4.69) is 64.7 Å². The molecule has 1 unspecified atom stereocenters. The molecular formula is C14H21BrN2. The van der Waals surface area contributed by atoms with Crippen LogP contribution >= 0.6 is 15.9 Å². The average molecular weight is 297 g/mol. The molecule has 0 saturated carbocycles. The summed E-state index contributed by atoms with van der Waals surface area (Å²) in [6.45, 7) is 6.63. The van der Waals surface area contributed by atoms with Crippen LogP contribution in [0, 0.1) is 0 Å². The highest BCUT2D eigenvalue weighted by molar-refractivity contribution is 9.10. The maximum Gasteiger partial charge on any atom is 0.0208 e. The lowest BCUT2D eigenvalue weighted by Gasteiger charge is -2.37. The molecule has 17 heavy (non-hydrogen) atoms. The number of rotatable bonds is 3. The molecule has 0 amide bonds. The molecule has 0 spiro atoms.